The normalized spacial score (nSPS) is 11.6. The first kappa shape index (κ1) is 24.4. The van der Waals surface area contributed by atoms with Gasteiger partial charge in [0.15, 0.2) is 17.1 Å². The van der Waals surface area contributed by atoms with Gasteiger partial charge in [-0.3, -0.25) is 0 Å². The van der Waals surface area contributed by atoms with Crippen molar-refractivity contribution in [2.45, 2.75) is 0 Å². The van der Waals surface area contributed by atoms with Gasteiger partial charge in [0.1, 0.15) is 5.58 Å². The molecule has 0 unspecified atom stereocenters. The molecule has 0 N–H and O–H groups in total. The first-order valence-corrected chi connectivity index (χ1v) is 14.5. The lowest BCUT2D eigenvalue weighted by molar-refractivity contribution is 0.671. The third-order valence-electron chi connectivity index (χ3n) is 8.42. The van der Waals surface area contributed by atoms with E-state index >= 15 is 0 Å². The van der Waals surface area contributed by atoms with E-state index in [0.29, 0.717) is 11.5 Å². The third kappa shape index (κ3) is 3.58. The number of furan rings is 1. The zero-order valence-electron chi connectivity index (χ0n) is 23.4. The van der Waals surface area contributed by atoms with Crippen LogP contribution in [0.2, 0.25) is 0 Å². The van der Waals surface area contributed by atoms with Crippen LogP contribution in [0, 0.1) is 6.57 Å². The van der Waals surface area contributed by atoms with Crippen LogP contribution in [0.25, 0.3) is 87.8 Å². The Morgan fingerprint density at radius 1 is 0.591 bits per heavy atom. The van der Waals surface area contributed by atoms with Gasteiger partial charge < -0.3 is 8.98 Å². The molecule has 3 heterocycles. The highest BCUT2D eigenvalue weighted by Gasteiger charge is 2.19. The standard InChI is InChI=1S/C39H22N4O/c1-40-26-10-8-9-25(23-26)36-32-13-2-5-14-33(32)41-39(42-36)24-17-19-27(20-18-24)43-34-15-6-3-11-28(34)30-21-22-31-29-12-4-7-16-35(29)44-38(31)37(30)43/h2-23H. The van der Waals surface area contributed by atoms with Crippen LogP contribution in [0.3, 0.4) is 0 Å². The first-order valence-electron chi connectivity index (χ1n) is 14.5. The minimum absolute atomic E-state index is 0.584. The Morgan fingerprint density at radius 2 is 1.34 bits per heavy atom. The Hall–Kier alpha value is -6.25. The molecule has 0 amide bonds. The number of hydrogen-bond acceptors (Lipinski definition) is 3. The van der Waals surface area contributed by atoms with Crippen molar-refractivity contribution in [2.24, 2.45) is 0 Å². The van der Waals surface area contributed by atoms with Crippen molar-refractivity contribution in [1.29, 1.82) is 0 Å². The SMILES string of the molecule is [C-]#[N+]c1cccc(-c2nc(-c3ccc(-n4c5ccccc5c5ccc6c7ccccc7oc6c54)cc3)nc3ccccc23)c1. The van der Waals surface area contributed by atoms with Crippen molar-refractivity contribution in [1.82, 2.24) is 14.5 Å². The molecule has 44 heavy (non-hydrogen) atoms. The number of aromatic nitrogens is 3. The van der Waals surface area contributed by atoms with Gasteiger partial charge in [0, 0.05) is 38.2 Å². The Labute approximate surface area is 252 Å². The summed E-state index contributed by atoms with van der Waals surface area (Å²) in [7, 11) is 0. The average Bonchev–Trinajstić information content (AvgIpc) is 3.64. The van der Waals surface area contributed by atoms with Crippen molar-refractivity contribution in [2.75, 3.05) is 0 Å². The molecular formula is C39H22N4O. The second-order valence-electron chi connectivity index (χ2n) is 10.9. The molecule has 0 aliphatic rings. The van der Waals surface area contributed by atoms with Crippen LogP contribution in [0.1, 0.15) is 0 Å². The van der Waals surface area contributed by atoms with Crippen LogP contribution in [-0.4, -0.2) is 14.5 Å². The fourth-order valence-electron chi connectivity index (χ4n) is 6.41. The van der Waals surface area contributed by atoms with Gasteiger partial charge >= 0.3 is 0 Å². The van der Waals surface area contributed by atoms with Gasteiger partial charge in [0.2, 0.25) is 0 Å². The van der Waals surface area contributed by atoms with E-state index in [1.165, 1.54) is 5.39 Å². The van der Waals surface area contributed by atoms with Crippen molar-refractivity contribution >= 4 is 60.3 Å². The summed E-state index contributed by atoms with van der Waals surface area (Å²) in [4.78, 5) is 13.6. The Bertz CT molecular complexity index is 2620. The average molecular weight is 563 g/mol. The van der Waals surface area contributed by atoms with Crippen molar-refractivity contribution in [3.63, 3.8) is 0 Å². The molecular weight excluding hydrogens is 540 g/mol. The number of benzene rings is 6. The number of nitrogens with zero attached hydrogens (tertiary/aromatic N) is 4. The van der Waals surface area contributed by atoms with Gasteiger partial charge in [-0.25, -0.2) is 14.8 Å². The van der Waals surface area contributed by atoms with E-state index in [-0.39, 0.29) is 0 Å². The van der Waals surface area contributed by atoms with Gasteiger partial charge in [-0.15, -0.1) is 0 Å². The number of fused-ring (bicyclic) bond motifs is 8. The van der Waals surface area contributed by atoms with Gasteiger partial charge in [0.25, 0.3) is 0 Å². The van der Waals surface area contributed by atoms with E-state index in [1.807, 2.05) is 60.7 Å². The smallest absolute Gasteiger partial charge is 0.187 e. The van der Waals surface area contributed by atoms with Gasteiger partial charge in [-0.05, 0) is 60.2 Å². The van der Waals surface area contributed by atoms with E-state index in [4.69, 9.17) is 21.0 Å². The minimum Gasteiger partial charge on any atom is -0.454 e. The van der Waals surface area contributed by atoms with Crippen molar-refractivity contribution in [3.05, 3.63) is 145 Å². The molecule has 0 bridgehead atoms. The van der Waals surface area contributed by atoms with Gasteiger partial charge in [0.05, 0.1) is 28.8 Å². The molecule has 204 valence electrons. The van der Waals surface area contributed by atoms with Crippen molar-refractivity contribution < 1.29 is 4.42 Å². The molecule has 0 radical (unpaired) electrons. The zero-order valence-corrected chi connectivity index (χ0v) is 23.4. The van der Waals surface area contributed by atoms with Crippen LogP contribution in [0.5, 0.6) is 0 Å². The topological polar surface area (TPSA) is 48.2 Å². The summed E-state index contributed by atoms with van der Waals surface area (Å²) in [5.74, 6) is 0.639. The number of para-hydroxylation sites is 3. The highest BCUT2D eigenvalue weighted by molar-refractivity contribution is 6.21. The lowest BCUT2D eigenvalue weighted by Gasteiger charge is -2.11. The van der Waals surface area contributed by atoms with Gasteiger partial charge in [-0.2, -0.15) is 0 Å². The summed E-state index contributed by atoms with van der Waals surface area (Å²) >= 11 is 0. The number of hydrogen-bond donors (Lipinski definition) is 0. The predicted octanol–water partition coefficient (Wildman–Crippen LogP) is 10.5. The highest BCUT2D eigenvalue weighted by atomic mass is 16.3. The molecule has 5 heteroatoms. The van der Waals surface area contributed by atoms with Gasteiger partial charge in [-0.1, -0.05) is 78.9 Å². The molecule has 5 nitrogen and oxygen atoms in total. The molecule has 3 aromatic heterocycles. The molecule has 9 rings (SSSR count). The van der Waals surface area contributed by atoms with E-state index in [0.717, 1.165) is 71.8 Å². The van der Waals surface area contributed by atoms with E-state index < -0.39 is 0 Å². The lowest BCUT2D eigenvalue weighted by atomic mass is 10.0. The predicted molar refractivity (Wildman–Crippen MR) is 178 cm³/mol. The maximum absolute atomic E-state index is 7.48. The summed E-state index contributed by atoms with van der Waals surface area (Å²) in [6, 6.07) is 45.1. The Morgan fingerprint density at radius 3 is 2.20 bits per heavy atom. The van der Waals surface area contributed by atoms with Crippen LogP contribution in [0.15, 0.2) is 138 Å². The maximum atomic E-state index is 7.48. The fourth-order valence-corrected chi connectivity index (χ4v) is 6.41. The summed E-state index contributed by atoms with van der Waals surface area (Å²) < 4.78 is 8.80. The summed E-state index contributed by atoms with van der Waals surface area (Å²) in [6.45, 7) is 7.48. The third-order valence-corrected chi connectivity index (χ3v) is 8.42. The molecule has 0 atom stereocenters. The maximum Gasteiger partial charge on any atom is 0.187 e. The van der Waals surface area contributed by atoms with E-state index in [1.54, 1.807) is 0 Å². The Balaban J connectivity index is 1.24. The summed E-state index contributed by atoms with van der Waals surface area (Å²) in [5.41, 5.74) is 9.03. The second-order valence-corrected chi connectivity index (χ2v) is 10.9. The van der Waals surface area contributed by atoms with Crippen molar-refractivity contribution in [3.8, 4) is 28.3 Å². The quantitative estimate of drug-likeness (QED) is 0.201. The lowest BCUT2D eigenvalue weighted by Crippen LogP contribution is -1.97. The molecule has 0 saturated heterocycles. The minimum atomic E-state index is 0.584. The molecule has 0 aliphatic heterocycles. The Kier molecular flexibility index (Phi) is 5.19. The van der Waals surface area contributed by atoms with Crippen LogP contribution >= 0.6 is 0 Å². The molecule has 0 spiro atoms. The zero-order chi connectivity index (χ0) is 29.2. The van der Waals surface area contributed by atoms with Crippen LogP contribution in [-0.2, 0) is 0 Å². The fraction of sp³-hybridized carbons (Fsp3) is 0. The van der Waals surface area contributed by atoms with E-state index in [9.17, 15) is 0 Å². The molecule has 0 fully saturated rings. The van der Waals surface area contributed by atoms with E-state index in [2.05, 4.69) is 82.2 Å². The summed E-state index contributed by atoms with van der Waals surface area (Å²) in [6.07, 6.45) is 0. The molecule has 0 aliphatic carbocycles. The molecule has 6 aromatic carbocycles. The second kappa shape index (κ2) is 9.38. The van der Waals surface area contributed by atoms with Crippen LogP contribution < -0.4 is 0 Å². The largest absolute Gasteiger partial charge is 0.454 e. The van der Waals surface area contributed by atoms with Crippen LogP contribution in [0.4, 0.5) is 5.69 Å². The highest BCUT2D eigenvalue weighted by Crippen LogP contribution is 2.40. The number of rotatable bonds is 3. The first-order chi connectivity index (χ1) is 21.8. The summed E-state index contributed by atoms with van der Waals surface area (Å²) in [5, 5.41) is 5.50. The molecule has 0 saturated carbocycles. The molecule has 9 aromatic rings. The monoisotopic (exact) mass is 562 g/mol.